The molecular weight excluding hydrogens is 238 g/mol. The zero-order valence-electron chi connectivity index (χ0n) is 11.9. The molecule has 1 aromatic rings. The molecule has 2 N–H and O–H groups in total. The molecule has 1 aliphatic heterocycles. The largest absolute Gasteiger partial charge is 0.490 e. The summed E-state index contributed by atoms with van der Waals surface area (Å²) >= 11 is 0. The van der Waals surface area contributed by atoms with E-state index >= 15 is 0 Å². The normalized spacial score (nSPS) is 20.8. The zero-order valence-corrected chi connectivity index (χ0v) is 11.9. The average Bonchev–Trinajstić information content (AvgIpc) is 2.58. The molecule has 0 saturated heterocycles. The summed E-state index contributed by atoms with van der Waals surface area (Å²) in [4.78, 5) is 0. The van der Waals surface area contributed by atoms with E-state index in [-0.39, 0.29) is 5.54 Å². The highest BCUT2D eigenvalue weighted by Crippen LogP contribution is 2.46. The van der Waals surface area contributed by atoms with Crippen LogP contribution < -0.4 is 15.2 Å². The van der Waals surface area contributed by atoms with Gasteiger partial charge in [-0.15, -0.1) is 0 Å². The second-order valence-corrected chi connectivity index (χ2v) is 6.10. The maximum atomic E-state index is 6.54. The Morgan fingerprint density at radius 1 is 1.05 bits per heavy atom. The van der Waals surface area contributed by atoms with Crippen molar-refractivity contribution in [2.45, 2.75) is 51.0 Å². The van der Waals surface area contributed by atoms with Crippen molar-refractivity contribution in [1.82, 2.24) is 0 Å². The van der Waals surface area contributed by atoms with Crippen LogP contribution in [-0.4, -0.2) is 13.2 Å². The minimum atomic E-state index is -0.149. The Hall–Kier alpha value is -1.22. The SMILES string of the molecule is CC(C)c1cc2c(cc1C1(N)CCC1)OCCCO2. The van der Waals surface area contributed by atoms with E-state index in [0.29, 0.717) is 5.92 Å². The Kier molecular flexibility index (Phi) is 3.17. The van der Waals surface area contributed by atoms with Gasteiger partial charge in [-0.2, -0.15) is 0 Å². The molecule has 1 aromatic carbocycles. The summed E-state index contributed by atoms with van der Waals surface area (Å²) in [6, 6.07) is 4.28. The molecule has 0 aromatic heterocycles. The fourth-order valence-corrected chi connectivity index (χ4v) is 2.96. The minimum Gasteiger partial charge on any atom is -0.490 e. The van der Waals surface area contributed by atoms with E-state index in [9.17, 15) is 0 Å². The first kappa shape index (κ1) is 12.8. The quantitative estimate of drug-likeness (QED) is 0.888. The van der Waals surface area contributed by atoms with E-state index in [1.165, 1.54) is 17.5 Å². The van der Waals surface area contributed by atoms with Gasteiger partial charge in [-0.05, 0) is 48.4 Å². The smallest absolute Gasteiger partial charge is 0.161 e. The molecule has 1 aliphatic carbocycles. The van der Waals surface area contributed by atoms with Crippen molar-refractivity contribution < 1.29 is 9.47 Å². The average molecular weight is 261 g/mol. The molecule has 0 amide bonds. The van der Waals surface area contributed by atoms with Crippen LogP contribution in [0.1, 0.15) is 56.6 Å². The van der Waals surface area contributed by atoms with Gasteiger partial charge in [-0.1, -0.05) is 13.8 Å². The van der Waals surface area contributed by atoms with Crippen molar-refractivity contribution in [2.75, 3.05) is 13.2 Å². The van der Waals surface area contributed by atoms with Gasteiger partial charge < -0.3 is 15.2 Å². The van der Waals surface area contributed by atoms with Crippen LogP contribution in [-0.2, 0) is 5.54 Å². The van der Waals surface area contributed by atoms with Gasteiger partial charge in [0.2, 0.25) is 0 Å². The van der Waals surface area contributed by atoms with Crippen LogP contribution in [0.2, 0.25) is 0 Å². The van der Waals surface area contributed by atoms with Gasteiger partial charge in [0.1, 0.15) is 0 Å². The van der Waals surface area contributed by atoms with Gasteiger partial charge in [0.05, 0.1) is 13.2 Å². The summed E-state index contributed by atoms with van der Waals surface area (Å²) in [6.07, 6.45) is 4.32. The first-order chi connectivity index (χ1) is 9.10. The van der Waals surface area contributed by atoms with Crippen molar-refractivity contribution in [3.8, 4) is 11.5 Å². The van der Waals surface area contributed by atoms with Gasteiger partial charge in [-0.3, -0.25) is 0 Å². The highest BCUT2D eigenvalue weighted by atomic mass is 16.5. The molecule has 104 valence electrons. The predicted molar refractivity (Wildman–Crippen MR) is 75.9 cm³/mol. The molecule has 0 spiro atoms. The number of ether oxygens (including phenoxy) is 2. The van der Waals surface area contributed by atoms with Crippen LogP contribution in [0.25, 0.3) is 0 Å². The number of hydrogen-bond acceptors (Lipinski definition) is 3. The lowest BCUT2D eigenvalue weighted by Crippen LogP contribution is -2.44. The van der Waals surface area contributed by atoms with Crippen molar-refractivity contribution in [1.29, 1.82) is 0 Å². The second-order valence-electron chi connectivity index (χ2n) is 6.10. The predicted octanol–water partition coefficient (Wildman–Crippen LogP) is 3.31. The highest BCUT2D eigenvalue weighted by Gasteiger charge is 2.37. The fourth-order valence-electron chi connectivity index (χ4n) is 2.96. The van der Waals surface area contributed by atoms with Crippen LogP contribution >= 0.6 is 0 Å². The summed E-state index contributed by atoms with van der Waals surface area (Å²) in [5.41, 5.74) is 8.96. The maximum absolute atomic E-state index is 6.54. The van der Waals surface area contributed by atoms with E-state index in [2.05, 4.69) is 26.0 Å². The fraction of sp³-hybridized carbons (Fsp3) is 0.625. The second kappa shape index (κ2) is 4.71. The molecule has 3 rings (SSSR count). The molecule has 0 radical (unpaired) electrons. The third kappa shape index (κ3) is 2.20. The van der Waals surface area contributed by atoms with E-state index in [4.69, 9.17) is 15.2 Å². The molecule has 19 heavy (non-hydrogen) atoms. The molecular formula is C16H23NO2. The number of fused-ring (bicyclic) bond motifs is 1. The first-order valence-electron chi connectivity index (χ1n) is 7.33. The molecule has 0 atom stereocenters. The molecule has 1 saturated carbocycles. The summed E-state index contributed by atoms with van der Waals surface area (Å²) in [5.74, 6) is 2.20. The van der Waals surface area contributed by atoms with E-state index < -0.39 is 0 Å². The molecule has 3 heteroatoms. The lowest BCUT2D eigenvalue weighted by Gasteiger charge is -2.40. The lowest BCUT2D eigenvalue weighted by atomic mass is 9.70. The van der Waals surface area contributed by atoms with Gasteiger partial charge in [0.25, 0.3) is 0 Å². The highest BCUT2D eigenvalue weighted by molar-refractivity contribution is 5.51. The van der Waals surface area contributed by atoms with Crippen molar-refractivity contribution in [3.63, 3.8) is 0 Å². The Balaban J connectivity index is 2.08. The maximum Gasteiger partial charge on any atom is 0.161 e. The summed E-state index contributed by atoms with van der Waals surface area (Å²) in [6.45, 7) is 5.89. The van der Waals surface area contributed by atoms with Gasteiger partial charge in [0.15, 0.2) is 11.5 Å². The van der Waals surface area contributed by atoms with E-state index in [0.717, 1.165) is 44.0 Å². The van der Waals surface area contributed by atoms with Crippen LogP contribution in [0.15, 0.2) is 12.1 Å². The third-order valence-corrected chi connectivity index (χ3v) is 4.32. The standard InChI is InChI=1S/C16H23NO2/c1-11(2)12-9-14-15(19-8-4-7-18-14)10-13(12)16(17)5-3-6-16/h9-11H,3-8,17H2,1-2H3. The summed E-state index contributed by atoms with van der Waals surface area (Å²) in [7, 11) is 0. The Morgan fingerprint density at radius 2 is 1.68 bits per heavy atom. The zero-order chi connectivity index (χ0) is 13.5. The summed E-state index contributed by atoms with van der Waals surface area (Å²) in [5, 5.41) is 0. The van der Waals surface area contributed by atoms with Crippen molar-refractivity contribution >= 4 is 0 Å². The Bertz CT molecular complexity index is 478. The Morgan fingerprint density at radius 3 is 2.21 bits per heavy atom. The molecule has 0 unspecified atom stereocenters. The topological polar surface area (TPSA) is 44.5 Å². The number of rotatable bonds is 2. The summed E-state index contributed by atoms with van der Waals surface area (Å²) < 4.78 is 11.6. The van der Waals surface area contributed by atoms with Crippen molar-refractivity contribution in [2.24, 2.45) is 5.73 Å². The molecule has 1 fully saturated rings. The van der Waals surface area contributed by atoms with Gasteiger partial charge in [0, 0.05) is 12.0 Å². The Labute approximate surface area is 115 Å². The lowest BCUT2D eigenvalue weighted by molar-refractivity contribution is 0.249. The van der Waals surface area contributed by atoms with E-state index in [1.807, 2.05) is 0 Å². The number of benzene rings is 1. The number of hydrogen-bond donors (Lipinski definition) is 1. The van der Waals surface area contributed by atoms with Gasteiger partial charge in [-0.25, -0.2) is 0 Å². The third-order valence-electron chi connectivity index (χ3n) is 4.32. The van der Waals surface area contributed by atoms with Crippen LogP contribution in [0.3, 0.4) is 0 Å². The number of nitrogens with two attached hydrogens (primary N) is 1. The van der Waals surface area contributed by atoms with Crippen LogP contribution in [0.4, 0.5) is 0 Å². The minimum absolute atomic E-state index is 0.149. The first-order valence-corrected chi connectivity index (χ1v) is 7.33. The monoisotopic (exact) mass is 261 g/mol. The van der Waals surface area contributed by atoms with Crippen LogP contribution in [0, 0.1) is 0 Å². The van der Waals surface area contributed by atoms with Crippen LogP contribution in [0.5, 0.6) is 11.5 Å². The van der Waals surface area contributed by atoms with Crippen molar-refractivity contribution in [3.05, 3.63) is 23.3 Å². The molecule has 1 heterocycles. The molecule has 0 bridgehead atoms. The molecule has 2 aliphatic rings. The van der Waals surface area contributed by atoms with E-state index in [1.54, 1.807) is 0 Å². The van der Waals surface area contributed by atoms with Gasteiger partial charge >= 0.3 is 0 Å². The molecule has 3 nitrogen and oxygen atoms in total.